The van der Waals surface area contributed by atoms with Crippen LogP contribution in [0.1, 0.15) is 5.56 Å². The molecule has 0 atom stereocenters. The summed E-state index contributed by atoms with van der Waals surface area (Å²) >= 11 is 3.23. The number of nitrogens with zero attached hydrogens (tertiary/aromatic N) is 2. The van der Waals surface area contributed by atoms with E-state index in [1.54, 1.807) is 37.3 Å². The molecule has 6 heteroatoms. The lowest BCUT2D eigenvalue weighted by Crippen LogP contribution is -1.95. The number of rotatable bonds is 3. The van der Waals surface area contributed by atoms with Crippen LogP contribution in [0.4, 0.5) is 5.69 Å². The largest absolute Gasteiger partial charge is 0.438 e. The van der Waals surface area contributed by atoms with Gasteiger partial charge in [0.15, 0.2) is 0 Å². The predicted molar refractivity (Wildman–Crippen MR) is 69.8 cm³/mol. The third kappa shape index (κ3) is 2.65. The van der Waals surface area contributed by atoms with E-state index in [-0.39, 0.29) is 5.69 Å². The summed E-state index contributed by atoms with van der Waals surface area (Å²) in [6.07, 6.45) is 0. The molecule has 1 heterocycles. The summed E-state index contributed by atoms with van der Waals surface area (Å²) in [6.45, 7) is 1.64. The Morgan fingerprint density at radius 3 is 2.67 bits per heavy atom. The third-order valence-corrected chi connectivity index (χ3v) is 2.80. The number of halogens is 1. The minimum atomic E-state index is -0.434. The second-order valence-electron chi connectivity index (χ2n) is 3.56. The van der Waals surface area contributed by atoms with Gasteiger partial charge in [0, 0.05) is 12.1 Å². The number of benzene rings is 1. The molecule has 18 heavy (non-hydrogen) atoms. The summed E-state index contributed by atoms with van der Waals surface area (Å²) in [5, 5.41) is 10.8. The van der Waals surface area contributed by atoms with Gasteiger partial charge >= 0.3 is 0 Å². The van der Waals surface area contributed by atoms with Gasteiger partial charge in [-0.15, -0.1) is 0 Å². The van der Waals surface area contributed by atoms with Crippen LogP contribution in [0.2, 0.25) is 0 Å². The van der Waals surface area contributed by atoms with Gasteiger partial charge in [0.2, 0.25) is 5.88 Å². The van der Waals surface area contributed by atoms with Crippen molar-refractivity contribution in [2.24, 2.45) is 0 Å². The highest BCUT2D eigenvalue weighted by atomic mass is 79.9. The van der Waals surface area contributed by atoms with E-state index in [1.807, 2.05) is 0 Å². The maximum absolute atomic E-state index is 10.8. The lowest BCUT2D eigenvalue weighted by molar-refractivity contribution is -0.385. The van der Waals surface area contributed by atoms with Crippen molar-refractivity contribution in [2.75, 3.05) is 0 Å². The molecule has 0 unspecified atom stereocenters. The summed E-state index contributed by atoms with van der Waals surface area (Å²) < 4.78 is 6.18. The lowest BCUT2D eigenvalue weighted by atomic mass is 10.2. The van der Waals surface area contributed by atoms with E-state index in [1.165, 1.54) is 6.07 Å². The first-order valence-electron chi connectivity index (χ1n) is 5.12. The Balaban J connectivity index is 2.35. The smallest absolute Gasteiger partial charge is 0.276 e. The van der Waals surface area contributed by atoms with Gasteiger partial charge in [-0.05, 0) is 35.0 Å². The summed E-state index contributed by atoms with van der Waals surface area (Å²) in [4.78, 5) is 14.5. The standard InChI is InChI=1S/C12H9BrN2O3/c1-8-9(15(16)17)4-2-5-10(8)18-12-7-3-6-11(13)14-12/h2-7H,1H3. The maximum atomic E-state index is 10.8. The van der Waals surface area contributed by atoms with Crippen LogP contribution in [0.3, 0.4) is 0 Å². The second-order valence-corrected chi connectivity index (χ2v) is 4.37. The molecule has 0 saturated heterocycles. The number of aromatic nitrogens is 1. The zero-order chi connectivity index (χ0) is 13.1. The molecular weight excluding hydrogens is 300 g/mol. The van der Waals surface area contributed by atoms with Crippen molar-refractivity contribution in [1.29, 1.82) is 0 Å². The molecule has 0 aliphatic rings. The summed E-state index contributed by atoms with van der Waals surface area (Å²) in [5.41, 5.74) is 0.506. The highest BCUT2D eigenvalue weighted by molar-refractivity contribution is 9.10. The summed E-state index contributed by atoms with van der Waals surface area (Å²) in [7, 11) is 0. The van der Waals surface area contributed by atoms with E-state index < -0.39 is 4.92 Å². The molecule has 1 aromatic heterocycles. The Morgan fingerprint density at radius 1 is 1.28 bits per heavy atom. The van der Waals surface area contributed by atoms with Gasteiger partial charge < -0.3 is 4.74 Å². The fourth-order valence-corrected chi connectivity index (χ4v) is 1.80. The fraction of sp³-hybridized carbons (Fsp3) is 0.0833. The van der Waals surface area contributed by atoms with Crippen molar-refractivity contribution in [3.8, 4) is 11.6 Å². The van der Waals surface area contributed by atoms with Gasteiger partial charge in [-0.25, -0.2) is 4.98 Å². The zero-order valence-electron chi connectivity index (χ0n) is 9.46. The zero-order valence-corrected chi connectivity index (χ0v) is 11.0. The van der Waals surface area contributed by atoms with E-state index in [0.717, 1.165) is 0 Å². The Hall–Kier alpha value is -1.95. The number of hydrogen-bond donors (Lipinski definition) is 0. The normalized spacial score (nSPS) is 10.1. The average Bonchev–Trinajstić information content (AvgIpc) is 2.31. The number of ether oxygens (including phenoxy) is 1. The molecule has 1 aromatic carbocycles. The van der Waals surface area contributed by atoms with Gasteiger partial charge in [0.1, 0.15) is 10.4 Å². The number of nitro benzene ring substituents is 1. The molecule has 0 aliphatic heterocycles. The summed E-state index contributed by atoms with van der Waals surface area (Å²) in [5.74, 6) is 0.808. The topological polar surface area (TPSA) is 65.3 Å². The van der Waals surface area contributed by atoms with E-state index >= 15 is 0 Å². The van der Waals surface area contributed by atoms with Crippen molar-refractivity contribution in [2.45, 2.75) is 6.92 Å². The minimum Gasteiger partial charge on any atom is -0.438 e. The predicted octanol–water partition coefficient (Wildman–Crippen LogP) is 3.85. The Kier molecular flexibility index (Phi) is 3.57. The molecule has 0 N–H and O–H groups in total. The number of nitro groups is 1. The van der Waals surface area contributed by atoms with E-state index in [2.05, 4.69) is 20.9 Å². The number of pyridine rings is 1. The van der Waals surface area contributed by atoms with Crippen LogP contribution in [0.15, 0.2) is 41.0 Å². The Bertz CT molecular complexity index is 602. The SMILES string of the molecule is Cc1c(Oc2cccc(Br)n2)cccc1[N+](=O)[O-]. The molecular formula is C12H9BrN2O3. The quantitative estimate of drug-likeness (QED) is 0.490. The van der Waals surface area contributed by atoms with Crippen LogP contribution in [0.25, 0.3) is 0 Å². The van der Waals surface area contributed by atoms with Crippen LogP contribution in [-0.2, 0) is 0 Å². The first-order chi connectivity index (χ1) is 8.58. The maximum Gasteiger partial charge on any atom is 0.276 e. The minimum absolute atomic E-state index is 0.0301. The first kappa shape index (κ1) is 12.5. The summed E-state index contributed by atoms with van der Waals surface area (Å²) in [6, 6.07) is 9.93. The molecule has 0 aliphatic carbocycles. The molecule has 0 spiro atoms. The van der Waals surface area contributed by atoms with Crippen LogP contribution in [0.5, 0.6) is 11.6 Å². The molecule has 0 saturated carbocycles. The van der Waals surface area contributed by atoms with E-state index in [0.29, 0.717) is 21.8 Å². The molecule has 0 bridgehead atoms. The van der Waals surface area contributed by atoms with Crippen LogP contribution in [0, 0.1) is 17.0 Å². The Labute approximate surface area is 112 Å². The molecule has 2 rings (SSSR count). The van der Waals surface area contributed by atoms with Gasteiger partial charge in [-0.1, -0.05) is 12.1 Å². The fourth-order valence-electron chi connectivity index (χ4n) is 1.47. The van der Waals surface area contributed by atoms with E-state index in [4.69, 9.17) is 4.74 Å². The van der Waals surface area contributed by atoms with Crippen molar-refractivity contribution >= 4 is 21.6 Å². The van der Waals surface area contributed by atoms with Crippen molar-refractivity contribution in [3.63, 3.8) is 0 Å². The van der Waals surface area contributed by atoms with Crippen molar-refractivity contribution in [1.82, 2.24) is 4.98 Å². The van der Waals surface area contributed by atoms with E-state index in [9.17, 15) is 10.1 Å². The van der Waals surface area contributed by atoms with Crippen molar-refractivity contribution < 1.29 is 9.66 Å². The average molecular weight is 309 g/mol. The molecule has 2 aromatic rings. The molecule has 5 nitrogen and oxygen atoms in total. The molecule has 0 fully saturated rings. The Morgan fingerprint density at radius 2 is 2.00 bits per heavy atom. The first-order valence-corrected chi connectivity index (χ1v) is 5.91. The monoisotopic (exact) mass is 308 g/mol. The van der Waals surface area contributed by atoms with Crippen LogP contribution in [-0.4, -0.2) is 9.91 Å². The van der Waals surface area contributed by atoms with Gasteiger partial charge in [0.25, 0.3) is 5.69 Å². The third-order valence-electron chi connectivity index (χ3n) is 2.36. The molecule has 92 valence electrons. The van der Waals surface area contributed by atoms with Gasteiger partial charge in [-0.3, -0.25) is 10.1 Å². The van der Waals surface area contributed by atoms with Crippen LogP contribution < -0.4 is 4.74 Å². The van der Waals surface area contributed by atoms with Crippen LogP contribution >= 0.6 is 15.9 Å². The second kappa shape index (κ2) is 5.14. The number of hydrogen-bond acceptors (Lipinski definition) is 4. The highest BCUT2D eigenvalue weighted by Crippen LogP contribution is 2.30. The highest BCUT2D eigenvalue weighted by Gasteiger charge is 2.14. The van der Waals surface area contributed by atoms with Gasteiger partial charge in [-0.2, -0.15) is 0 Å². The van der Waals surface area contributed by atoms with Crippen molar-refractivity contribution in [3.05, 3.63) is 56.7 Å². The molecule has 0 radical (unpaired) electrons. The van der Waals surface area contributed by atoms with Gasteiger partial charge in [0.05, 0.1) is 10.5 Å². The lowest BCUT2D eigenvalue weighted by Gasteiger charge is -2.07. The molecule has 0 amide bonds.